The number of pyridine rings is 4. The van der Waals surface area contributed by atoms with Crippen molar-refractivity contribution in [2.24, 2.45) is 5.92 Å². The van der Waals surface area contributed by atoms with Crippen molar-refractivity contribution in [1.29, 1.82) is 0 Å². The molecule has 0 aliphatic carbocycles. The Labute approximate surface area is 673 Å². The Balaban J connectivity index is 0.000000142. The van der Waals surface area contributed by atoms with Crippen molar-refractivity contribution in [3.8, 4) is 45.6 Å². The number of hydrogen-bond donors (Lipinski definition) is 9. The van der Waals surface area contributed by atoms with Gasteiger partial charge in [0.1, 0.15) is 64.2 Å². The molecule has 39 heteroatoms. The summed E-state index contributed by atoms with van der Waals surface area (Å²) in [5, 5.41) is 19.0. The lowest BCUT2D eigenvalue weighted by atomic mass is 10.0. The SMILES string of the molecule is CCCNC(=O)C1CCCN1c1ccnc(-c2c[nH]c3ncc(Cl)cc23)n1.CCCNC(=O)[C@H](Nc1ccnc(-c2c[nH]c3ncc(Cl)cc23)n1)C(C)C.O=C(NCCC(F)(F)F)[C@H]1CCCN1c1ccnc(-c2c[nH]c3ncc(Cl)cc23)n1.O=C(NCCC(F)(F)F)[C@H]1CCCN1c1nc(-c2c[nH]c3ncc(Cl)cc23)ncc1F. The maximum atomic E-state index is 14.6. The van der Waals surface area contributed by atoms with E-state index >= 15 is 0 Å². The molecule has 0 spiro atoms. The van der Waals surface area contributed by atoms with Crippen LogP contribution in [-0.2, 0) is 19.2 Å². The largest absolute Gasteiger partial charge is 0.390 e. The summed E-state index contributed by atoms with van der Waals surface area (Å²) in [6.07, 6.45) is 14.2. The molecule has 1 unspecified atom stereocenters. The van der Waals surface area contributed by atoms with Crippen molar-refractivity contribution < 1.29 is 49.9 Å². The Bertz CT molecular complexity index is 5400. The van der Waals surface area contributed by atoms with Crippen molar-refractivity contribution >= 4 is 137 Å². The van der Waals surface area contributed by atoms with Gasteiger partial charge in [-0.25, -0.2) is 64.2 Å². The van der Waals surface area contributed by atoms with Gasteiger partial charge in [0.25, 0.3) is 0 Å². The van der Waals surface area contributed by atoms with E-state index in [1.807, 2.05) is 52.1 Å². The minimum Gasteiger partial charge on any atom is -0.358 e. The number of fused-ring (bicyclic) bond motifs is 4. The zero-order valence-electron chi connectivity index (χ0n) is 62.4. The third-order valence-electron chi connectivity index (χ3n) is 18.9. The molecule has 12 aromatic rings. The second-order valence-corrected chi connectivity index (χ2v) is 29.2. The number of carbonyl (C=O) groups is 4. The highest BCUT2D eigenvalue weighted by Gasteiger charge is 2.37. The van der Waals surface area contributed by atoms with E-state index in [2.05, 4.69) is 106 Å². The number of alkyl halides is 6. The van der Waals surface area contributed by atoms with Crippen LogP contribution in [0.3, 0.4) is 0 Å². The first kappa shape index (κ1) is 83.3. The molecule has 15 rings (SSSR count). The Morgan fingerprint density at radius 1 is 0.470 bits per heavy atom. The lowest BCUT2D eigenvalue weighted by Gasteiger charge is -2.25. The van der Waals surface area contributed by atoms with Crippen molar-refractivity contribution in [2.75, 3.05) is 65.8 Å². The van der Waals surface area contributed by atoms with Crippen molar-refractivity contribution in [3.05, 3.63) is 143 Å². The number of aromatic amines is 4. The predicted octanol–water partition coefficient (Wildman–Crippen LogP) is 14.4. The van der Waals surface area contributed by atoms with Crippen LogP contribution in [0, 0.1) is 11.7 Å². The average molecular weight is 1670 g/mol. The van der Waals surface area contributed by atoms with Crippen LogP contribution in [0.25, 0.3) is 89.7 Å². The lowest BCUT2D eigenvalue weighted by Crippen LogP contribution is -2.44. The molecule has 4 amide bonds. The smallest absolute Gasteiger partial charge is 0.358 e. The molecule has 12 aromatic heterocycles. The highest BCUT2D eigenvalue weighted by atomic mass is 35.5. The van der Waals surface area contributed by atoms with Crippen molar-refractivity contribution in [3.63, 3.8) is 0 Å². The van der Waals surface area contributed by atoms with Crippen LogP contribution in [0.1, 0.15) is 91.9 Å². The highest BCUT2D eigenvalue weighted by Crippen LogP contribution is 2.36. The van der Waals surface area contributed by atoms with Crippen LogP contribution >= 0.6 is 46.4 Å². The fourth-order valence-corrected chi connectivity index (χ4v) is 14.0. The molecule has 3 aliphatic heterocycles. The Morgan fingerprint density at radius 2 is 0.826 bits per heavy atom. The molecule has 0 saturated carbocycles. The molecule has 0 bridgehead atoms. The Hall–Kier alpha value is -11.2. The third-order valence-corrected chi connectivity index (χ3v) is 19.7. The number of aromatic nitrogens is 16. The van der Waals surface area contributed by atoms with Gasteiger partial charge < -0.3 is 61.2 Å². The van der Waals surface area contributed by atoms with Crippen LogP contribution in [0.5, 0.6) is 0 Å². The summed E-state index contributed by atoms with van der Waals surface area (Å²) in [7, 11) is 0. The van der Waals surface area contributed by atoms with E-state index in [9.17, 15) is 49.9 Å². The Kier molecular flexibility index (Phi) is 27.1. The summed E-state index contributed by atoms with van der Waals surface area (Å²) >= 11 is 24.2. The van der Waals surface area contributed by atoms with Crippen LogP contribution in [0.4, 0.5) is 54.0 Å². The molecule has 28 nitrogen and oxygen atoms in total. The van der Waals surface area contributed by atoms with Crippen LogP contribution in [0.2, 0.25) is 20.1 Å². The molecule has 0 radical (unpaired) electrons. The molecule has 9 N–H and O–H groups in total. The number of halogens is 11. The van der Waals surface area contributed by atoms with E-state index in [0.717, 1.165) is 89.2 Å². The van der Waals surface area contributed by atoms with Gasteiger partial charge >= 0.3 is 12.4 Å². The minimum atomic E-state index is -4.37. The molecular weight excluding hydrogens is 1590 g/mol. The highest BCUT2D eigenvalue weighted by molar-refractivity contribution is 6.32. The van der Waals surface area contributed by atoms with E-state index in [1.54, 1.807) is 78.7 Å². The maximum Gasteiger partial charge on any atom is 0.390 e. The molecule has 15 heterocycles. The van der Waals surface area contributed by atoms with Gasteiger partial charge in [-0.2, -0.15) is 26.3 Å². The topological polar surface area (TPSA) is 356 Å². The maximum absolute atomic E-state index is 14.6. The first-order chi connectivity index (χ1) is 55.2. The normalized spacial score (nSPS) is 15.8. The molecule has 115 heavy (non-hydrogen) atoms. The monoisotopic (exact) mass is 1660 g/mol. The second kappa shape index (κ2) is 37.4. The minimum absolute atomic E-state index is 0.0323. The first-order valence-corrected chi connectivity index (χ1v) is 38.6. The van der Waals surface area contributed by atoms with Crippen LogP contribution in [0.15, 0.2) is 117 Å². The molecular formula is C76H79Cl4F7N24O4. The fraction of sp³-hybridized carbons (Fsp3) is 0.368. The molecule has 3 fully saturated rings. The summed E-state index contributed by atoms with van der Waals surface area (Å²) in [6, 6.07) is 10.5. The van der Waals surface area contributed by atoms with Gasteiger partial charge in [-0.1, -0.05) is 74.1 Å². The van der Waals surface area contributed by atoms with Gasteiger partial charge in [-0.05, 0) is 99.7 Å². The van der Waals surface area contributed by atoms with E-state index in [0.29, 0.717) is 122 Å². The standard InChI is InChI=1S/C19H17ClF4N6O.C19H18ClF3N6O.C19H21ClN6O.C19H23ClN6O/c20-10-6-11-12(8-27-15(11)26-7-10)16-28-9-13(21)17(29-16)30-5-1-2-14(30)18(31)25-4-3-19(22,23)24;20-11-8-12-13(10-27-16(12)26-9-11)17-24-5-3-15(28-17)29-7-1-2-14(29)18(30)25-6-4-19(21,22)23;1-2-6-22-19(27)15-4-3-8-26(15)16-5-7-21-18(25-16)14-11-24-17-13(14)9-12(20)10-23-17;1-4-6-22-19(27)16(11(2)3)25-15-5-7-21-18(26-15)14-10-24-17-13(14)8-12(20)9-23-17/h6-9,14H,1-5H2,(H,25,31)(H,26,27);3,5,8-10,14H,1-2,4,6-7H2,(H,25,30)(H,26,27);5,7,9-11,15H,2-4,6,8H2,1H3,(H,22,27)(H,23,24);5,7-11,16H,4,6H2,1-3H3,(H,22,27)(H,23,24)(H,21,25,26)/t2*14-;;16-/m11.1/s1. The molecule has 3 aliphatic rings. The first-order valence-electron chi connectivity index (χ1n) is 37.1. The zero-order valence-corrected chi connectivity index (χ0v) is 65.4. The second-order valence-electron chi connectivity index (χ2n) is 27.4. The van der Waals surface area contributed by atoms with E-state index in [1.165, 1.54) is 17.3 Å². The quantitative estimate of drug-likeness (QED) is 0.0285. The summed E-state index contributed by atoms with van der Waals surface area (Å²) in [5.74, 6) is 1.96. The van der Waals surface area contributed by atoms with Gasteiger partial charge in [-0.3, -0.25) is 19.2 Å². The lowest BCUT2D eigenvalue weighted by molar-refractivity contribution is -0.137. The summed E-state index contributed by atoms with van der Waals surface area (Å²) in [5.41, 5.74) is 5.57. The molecule has 0 aromatic carbocycles. The van der Waals surface area contributed by atoms with Gasteiger partial charge in [0, 0.05) is 158 Å². The van der Waals surface area contributed by atoms with Gasteiger partial charge in [0.05, 0.1) is 39.1 Å². The number of anilines is 4. The van der Waals surface area contributed by atoms with Gasteiger partial charge in [0.15, 0.2) is 34.9 Å². The predicted molar refractivity (Wildman–Crippen MR) is 426 cm³/mol. The van der Waals surface area contributed by atoms with Gasteiger partial charge in [-0.15, -0.1) is 0 Å². The summed E-state index contributed by atoms with van der Waals surface area (Å²) < 4.78 is 88.7. The molecule has 604 valence electrons. The number of nitrogens with zero attached hydrogens (tertiary/aromatic N) is 15. The number of H-pyrrole nitrogens is 4. The number of nitrogens with one attached hydrogen (secondary N) is 9. The molecule has 4 atom stereocenters. The van der Waals surface area contributed by atoms with Crippen molar-refractivity contribution in [2.45, 2.75) is 128 Å². The number of amides is 4. The van der Waals surface area contributed by atoms with Crippen LogP contribution < -0.4 is 41.3 Å². The number of rotatable bonds is 22. The fourth-order valence-electron chi connectivity index (χ4n) is 13.4. The zero-order chi connectivity index (χ0) is 81.7. The van der Waals surface area contributed by atoms with Gasteiger partial charge in [0.2, 0.25) is 23.6 Å². The van der Waals surface area contributed by atoms with E-state index in [-0.39, 0.29) is 41.5 Å². The van der Waals surface area contributed by atoms with E-state index in [4.69, 9.17) is 51.4 Å². The summed E-state index contributed by atoms with van der Waals surface area (Å²) in [6.45, 7) is 10.2. The molecule has 3 saturated heterocycles. The number of hydrogen-bond acceptors (Lipinski definition) is 20. The van der Waals surface area contributed by atoms with Crippen molar-refractivity contribution in [1.82, 2.24) is 101 Å². The average Bonchev–Trinajstić information content (AvgIpc) is 1.69. The van der Waals surface area contributed by atoms with E-state index < -0.39 is 68.0 Å². The summed E-state index contributed by atoms with van der Waals surface area (Å²) in [4.78, 5) is 120. The number of carbonyl (C=O) groups excluding carboxylic acids is 4. The Morgan fingerprint density at radius 3 is 1.22 bits per heavy atom. The van der Waals surface area contributed by atoms with Crippen LogP contribution in [-0.4, -0.2) is 186 Å². The third kappa shape index (κ3) is 20.9.